The first kappa shape index (κ1) is 21.3. The zero-order chi connectivity index (χ0) is 20.7. The minimum atomic E-state index is -0.613. The minimum Gasteiger partial charge on any atom is -0.497 e. The van der Waals surface area contributed by atoms with Crippen LogP contribution in [-0.2, 0) is 11.3 Å². The zero-order valence-corrected chi connectivity index (χ0v) is 17.1. The van der Waals surface area contributed by atoms with Gasteiger partial charge in [0.05, 0.1) is 14.2 Å². The first-order chi connectivity index (χ1) is 13.3. The summed E-state index contributed by atoms with van der Waals surface area (Å²) in [6.45, 7) is 4.28. The molecule has 6 nitrogen and oxygen atoms in total. The normalized spacial score (nSPS) is 11.6. The van der Waals surface area contributed by atoms with Gasteiger partial charge in [-0.3, -0.25) is 9.59 Å². The third-order valence-electron chi connectivity index (χ3n) is 4.53. The molecule has 2 amide bonds. The van der Waals surface area contributed by atoms with Crippen LogP contribution in [0.2, 0.25) is 0 Å². The molecular formula is C22H28N2O4. The summed E-state index contributed by atoms with van der Waals surface area (Å²) in [5.41, 5.74) is 1.47. The van der Waals surface area contributed by atoms with Crippen molar-refractivity contribution in [1.29, 1.82) is 0 Å². The van der Waals surface area contributed by atoms with Crippen molar-refractivity contribution in [3.63, 3.8) is 0 Å². The number of benzene rings is 2. The van der Waals surface area contributed by atoms with E-state index in [0.29, 0.717) is 17.9 Å². The molecular weight excluding hydrogens is 356 g/mol. The van der Waals surface area contributed by atoms with Crippen molar-refractivity contribution in [2.75, 3.05) is 21.3 Å². The first-order valence-electron chi connectivity index (χ1n) is 9.18. The van der Waals surface area contributed by atoms with Crippen molar-refractivity contribution < 1.29 is 19.1 Å². The van der Waals surface area contributed by atoms with Gasteiger partial charge in [-0.05, 0) is 47.9 Å². The van der Waals surface area contributed by atoms with E-state index in [9.17, 15) is 9.59 Å². The molecule has 6 heteroatoms. The van der Waals surface area contributed by atoms with Gasteiger partial charge in [-0.2, -0.15) is 0 Å². The molecule has 150 valence electrons. The van der Waals surface area contributed by atoms with Crippen molar-refractivity contribution in [3.05, 3.63) is 59.7 Å². The van der Waals surface area contributed by atoms with E-state index >= 15 is 0 Å². The SMILES string of the molecule is COc1ccc(CN(C)C(=O)C(NC(=O)c2ccc(OC)cc2)C(C)C)cc1. The van der Waals surface area contributed by atoms with E-state index in [0.717, 1.165) is 11.3 Å². The van der Waals surface area contributed by atoms with E-state index in [-0.39, 0.29) is 17.7 Å². The Bertz CT molecular complexity index is 785. The lowest BCUT2D eigenvalue weighted by Crippen LogP contribution is -2.50. The molecule has 2 rings (SSSR count). The molecule has 0 fully saturated rings. The fourth-order valence-electron chi connectivity index (χ4n) is 2.80. The van der Waals surface area contributed by atoms with Gasteiger partial charge in [0.1, 0.15) is 17.5 Å². The second-order valence-electron chi connectivity index (χ2n) is 6.97. The molecule has 2 aromatic rings. The number of carbonyl (C=O) groups is 2. The smallest absolute Gasteiger partial charge is 0.251 e. The van der Waals surface area contributed by atoms with Gasteiger partial charge in [0, 0.05) is 19.2 Å². The molecule has 0 spiro atoms. The Morgan fingerprint density at radius 1 is 0.929 bits per heavy atom. The minimum absolute atomic E-state index is 0.0481. The number of nitrogens with zero attached hydrogens (tertiary/aromatic N) is 1. The highest BCUT2D eigenvalue weighted by molar-refractivity contribution is 5.97. The van der Waals surface area contributed by atoms with Crippen molar-refractivity contribution in [2.24, 2.45) is 5.92 Å². The van der Waals surface area contributed by atoms with Crippen molar-refractivity contribution >= 4 is 11.8 Å². The highest BCUT2D eigenvalue weighted by Gasteiger charge is 2.27. The maximum Gasteiger partial charge on any atom is 0.251 e. The maximum absolute atomic E-state index is 12.9. The molecule has 0 saturated heterocycles. The standard InChI is InChI=1S/C22H28N2O4/c1-15(2)20(23-21(25)17-8-12-19(28-5)13-9-17)22(26)24(3)14-16-6-10-18(27-4)11-7-16/h6-13,15,20H,14H2,1-5H3,(H,23,25). The van der Waals surface area contributed by atoms with Crippen molar-refractivity contribution in [3.8, 4) is 11.5 Å². The third-order valence-corrected chi connectivity index (χ3v) is 4.53. The van der Waals surface area contributed by atoms with E-state index in [1.54, 1.807) is 50.4 Å². The number of hydrogen-bond donors (Lipinski definition) is 1. The molecule has 28 heavy (non-hydrogen) atoms. The van der Waals surface area contributed by atoms with Crippen molar-refractivity contribution in [1.82, 2.24) is 10.2 Å². The molecule has 0 heterocycles. The van der Waals surface area contributed by atoms with E-state index in [4.69, 9.17) is 9.47 Å². The average molecular weight is 384 g/mol. The van der Waals surface area contributed by atoms with Crippen LogP contribution in [-0.4, -0.2) is 44.0 Å². The largest absolute Gasteiger partial charge is 0.497 e. The van der Waals surface area contributed by atoms with E-state index < -0.39 is 6.04 Å². The van der Waals surface area contributed by atoms with Crippen LogP contribution in [0.3, 0.4) is 0 Å². The number of ether oxygens (including phenoxy) is 2. The summed E-state index contributed by atoms with van der Waals surface area (Å²) in [5.74, 6) is 0.977. The average Bonchev–Trinajstić information content (AvgIpc) is 2.71. The Labute approximate surface area is 166 Å². The van der Waals surface area contributed by atoms with Gasteiger partial charge in [-0.15, -0.1) is 0 Å². The Hall–Kier alpha value is -3.02. The number of methoxy groups -OCH3 is 2. The summed E-state index contributed by atoms with van der Waals surface area (Å²) in [7, 11) is 4.92. The summed E-state index contributed by atoms with van der Waals surface area (Å²) in [6.07, 6.45) is 0. The summed E-state index contributed by atoms with van der Waals surface area (Å²) in [6, 6.07) is 13.7. The molecule has 2 aromatic carbocycles. The Morgan fingerprint density at radius 3 is 1.89 bits per heavy atom. The van der Waals surface area contributed by atoms with Gasteiger partial charge in [0.25, 0.3) is 5.91 Å². The molecule has 0 saturated carbocycles. The Kier molecular flexibility index (Phi) is 7.44. The van der Waals surface area contributed by atoms with Crippen LogP contribution < -0.4 is 14.8 Å². The quantitative estimate of drug-likeness (QED) is 0.759. The predicted molar refractivity (Wildman–Crippen MR) is 109 cm³/mol. The van der Waals surface area contributed by atoms with Crippen molar-refractivity contribution in [2.45, 2.75) is 26.4 Å². The second-order valence-corrected chi connectivity index (χ2v) is 6.97. The third kappa shape index (κ3) is 5.49. The van der Waals surface area contributed by atoms with Crippen LogP contribution in [0.1, 0.15) is 29.8 Å². The van der Waals surface area contributed by atoms with E-state index in [1.165, 1.54) is 0 Å². The Balaban J connectivity index is 2.05. The lowest BCUT2D eigenvalue weighted by molar-refractivity contribution is -0.133. The number of amides is 2. The van der Waals surface area contributed by atoms with Gasteiger partial charge in [0.2, 0.25) is 5.91 Å². The van der Waals surface area contributed by atoms with Crippen LogP contribution in [0.25, 0.3) is 0 Å². The Morgan fingerprint density at radius 2 is 1.43 bits per heavy atom. The highest BCUT2D eigenvalue weighted by Crippen LogP contribution is 2.15. The number of nitrogens with one attached hydrogen (secondary N) is 1. The number of rotatable bonds is 8. The highest BCUT2D eigenvalue weighted by atomic mass is 16.5. The number of likely N-dealkylation sites (N-methyl/N-ethyl adjacent to an activating group) is 1. The first-order valence-corrected chi connectivity index (χ1v) is 9.18. The fourth-order valence-corrected chi connectivity index (χ4v) is 2.80. The van der Waals surface area contributed by atoms with Crippen LogP contribution in [0.4, 0.5) is 0 Å². The molecule has 1 N–H and O–H groups in total. The molecule has 0 radical (unpaired) electrons. The summed E-state index contributed by atoms with van der Waals surface area (Å²) in [4.78, 5) is 27.2. The van der Waals surface area contributed by atoms with E-state index in [1.807, 2.05) is 38.1 Å². The van der Waals surface area contributed by atoms with E-state index in [2.05, 4.69) is 5.32 Å². The predicted octanol–water partition coefficient (Wildman–Crippen LogP) is 3.12. The van der Waals surface area contributed by atoms with Crippen LogP contribution in [0.15, 0.2) is 48.5 Å². The summed E-state index contributed by atoms with van der Waals surface area (Å²) >= 11 is 0. The molecule has 1 unspecified atom stereocenters. The topological polar surface area (TPSA) is 67.9 Å². The molecule has 0 bridgehead atoms. The fraction of sp³-hybridized carbons (Fsp3) is 0.364. The lowest BCUT2D eigenvalue weighted by Gasteiger charge is -2.27. The van der Waals surface area contributed by atoms with Gasteiger partial charge in [0.15, 0.2) is 0 Å². The zero-order valence-electron chi connectivity index (χ0n) is 17.1. The van der Waals surface area contributed by atoms with Gasteiger partial charge in [-0.25, -0.2) is 0 Å². The summed E-state index contributed by atoms with van der Waals surface area (Å²) < 4.78 is 10.3. The number of carbonyl (C=O) groups excluding carboxylic acids is 2. The summed E-state index contributed by atoms with van der Waals surface area (Å²) in [5, 5.41) is 2.86. The molecule has 0 aliphatic heterocycles. The maximum atomic E-state index is 12.9. The molecule has 0 aliphatic rings. The molecule has 0 aromatic heterocycles. The van der Waals surface area contributed by atoms with Gasteiger partial charge in [-0.1, -0.05) is 26.0 Å². The second kappa shape index (κ2) is 9.78. The molecule has 1 atom stereocenters. The van der Waals surface area contributed by atoms with Crippen LogP contribution in [0.5, 0.6) is 11.5 Å². The van der Waals surface area contributed by atoms with Crippen LogP contribution >= 0.6 is 0 Å². The van der Waals surface area contributed by atoms with Crippen LogP contribution in [0, 0.1) is 5.92 Å². The number of hydrogen-bond acceptors (Lipinski definition) is 4. The monoisotopic (exact) mass is 384 g/mol. The molecule has 0 aliphatic carbocycles. The lowest BCUT2D eigenvalue weighted by atomic mass is 10.0. The van der Waals surface area contributed by atoms with Gasteiger partial charge >= 0.3 is 0 Å². The van der Waals surface area contributed by atoms with Gasteiger partial charge < -0.3 is 19.7 Å².